The molecule has 0 radical (unpaired) electrons. The molecule has 0 amide bonds. The molecule has 44 heavy (non-hydrogen) atoms. The van der Waals surface area contributed by atoms with Gasteiger partial charge in [0.1, 0.15) is 11.7 Å². The van der Waals surface area contributed by atoms with E-state index in [2.05, 4.69) is 18.1 Å². The van der Waals surface area contributed by atoms with Gasteiger partial charge in [0.15, 0.2) is 0 Å². The number of carboxylic acid groups (broad SMARTS) is 1. The number of H-pyrrole nitrogens is 1. The van der Waals surface area contributed by atoms with Gasteiger partial charge in [0.25, 0.3) is 0 Å². The number of fused-ring (bicyclic) bond motifs is 5. The molecule has 3 N–H and O–H groups in total. The van der Waals surface area contributed by atoms with Crippen LogP contribution in [0.25, 0.3) is 18.2 Å². The minimum Gasteiger partial charge on any atom is -0.510 e. The van der Waals surface area contributed by atoms with Crippen LogP contribution in [0.5, 0.6) is 0 Å². The van der Waals surface area contributed by atoms with Gasteiger partial charge in [0.2, 0.25) is 0 Å². The van der Waals surface area contributed by atoms with Gasteiger partial charge in [0.05, 0.1) is 41.3 Å². The van der Waals surface area contributed by atoms with Gasteiger partial charge in [0, 0.05) is 39.4 Å². The van der Waals surface area contributed by atoms with Gasteiger partial charge in [-0.05, 0) is 80.2 Å². The van der Waals surface area contributed by atoms with Crippen LogP contribution in [0.2, 0.25) is 0 Å². The average Bonchev–Trinajstić information content (AvgIpc) is 3.72. The van der Waals surface area contributed by atoms with Gasteiger partial charge < -0.3 is 19.9 Å². The number of aliphatic hydroxyl groups excluding tert-OH is 1. The predicted molar refractivity (Wildman–Crippen MR) is 172 cm³/mol. The molecule has 1 atom stereocenters. The zero-order valence-corrected chi connectivity index (χ0v) is 25.3. The highest BCUT2D eigenvalue weighted by molar-refractivity contribution is 6.27. The first-order valence-electron chi connectivity index (χ1n) is 14.3. The number of aromatic nitrogens is 1. The monoisotopic (exact) mass is 588 g/mol. The van der Waals surface area contributed by atoms with E-state index < -0.39 is 17.9 Å². The van der Waals surface area contributed by atoms with E-state index in [1.165, 1.54) is 7.11 Å². The minimum atomic E-state index is -1.16. The lowest BCUT2D eigenvalue weighted by atomic mass is 9.92. The standard InChI is InChI=1S/C35H32N4O5/c1-8-19-15(3)22-12-24-17(5)21(10-11-28(40)41)32(38-24)30-31(35(43)44-7)34(42)29-18(6)25(39-33(29)30)14-27-20(9-2)16(4)23(37-27)13-26(19)36-22/h8-9,12-14,31,36,42H,1-2,10-11H2,3-7H3,(H,40,41). The molecular formula is C35H32N4O5. The minimum absolute atomic E-state index is 0.139. The van der Waals surface area contributed by atoms with Crippen molar-refractivity contribution >= 4 is 47.3 Å². The molecule has 9 heteroatoms. The summed E-state index contributed by atoms with van der Waals surface area (Å²) in [5, 5.41) is 22.7. The summed E-state index contributed by atoms with van der Waals surface area (Å²) in [5.74, 6) is -2.95. The van der Waals surface area contributed by atoms with Crippen LogP contribution in [0.15, 0.2) is 102 Å². The van der Waals surface area contributed by atoms with E-state index in [0.717, 1.165) is 44.3 Å². The Kier molecular flexibility index (Phi) is 6.84. The highest BCUT2D eigenvalue weighted by atomic mass is 16.5. The number of nitrogens with one attached hydrogen (secondary N) is 1. The van der Waals surface area contributed by atoms with Crippen molar-refractivity contribution in [3.05, 3.63) is 109 Å². The van der Waals surface area contributed by atoms with Gasteiger partial charge in [-0.15, -0.1) is 0 Å². The van der Waals surface area contributed by atoms with Gasteiger partial charge in [-0.1, -0.05) is 25.3 Å². The Hall–Kier alpha value is -5.31. The SMILES string of the molecule is C=CC1=C(C)C2=NC1=CC1=C(C)C3=C(O)C(C(=O)OC)C(=C4N=C(C=c5[nH]c(c(C=C)c5C)=C2)C(C)=C4CCC(=O)O)C3=N1. The van der Waals surface area contributed by atoms with Crippen LogP contribution in [-0.4, -0.2) is 51.4 Å². The fourth-order valence-corrected chi connectivity index (χ4v) is 6.42. The number of esters is 1. The fraction of sp³-hybridized carbons (Fsp3) is 0.229. The summed E-state index contributed by atoms with van der Waals surface area (Å²) in [4.78, 5) is 43.3. The number of methoxy groups -OCH3 is 1. The van der Waals surface area contributed by atoms with Crippen LogP contribution in [0.3, 0.4) is 0 Å². The quantitative estimate of drug-likeness (QED) is 0.417. The van der Waals surface area contributed by atoms with E-state index in [1.54, 1.807) is 12.2 Å². The zero-order chi connectivity index (χ0) is 31.6. The summed E-state index contributed by atoms with van der Waals surface area (Å²) in [6, 6.07) is 0. The van der Waals surface area contributed by atoms with Gasteiger partial charge in [-0.3, -0.25) is 9.59 Å². The average molecular weight is 589 g/mol. The van der Waals surface area contributed by atoms with Crippen LogP contribution in [-0.2, 0) is 14.3 Å². The van der Waals surface area contributed by atoms with Crippen molar-refractivity contribution in [3.63, 3.8) is 0 Å². The maximum Gasteiger partial charge on any atom is 0.321 e. The number of carboxylic acids is 1. The summed E-state index contributed by atoms with van der Waals surface area (Å²) in [7, 11) is 1.26. The normalized spacial score (nSPS) is 20.4. The first-order chi connectivity index (χ1) is 21.0. The topological polar surface area (TPSA) is 137 Å². The fourth-order valence-electron chi connectivity index (χ4n) is 6.42. The maximum absolute atomic E-state index is 13.2. The van der Waals surface area contributed by atoms with Crippen molar-refractivity contribution in [2.45, 2.75) is 40.5 Å². The number of hydrogen-bond acceptors (Lipinski definition) is 7. The summed E-state index contributed by atoms with van der Waals surface area (Å²) in [6.45, 7) is 15.8. The maximum atomic E-state index is 13.2. The second kappa shape index (κ2) is 10.4. The summed E-state index contributed by atoms with van der Waals surface area (Å²) in [6.07, 6.45) is 9.35. The van der Waals surface area contributed by atoms with Crippen LogP contribution >= 0.6 is 0 Å². The number of allylic oxidation sites excluding steroid dienone is 7. The molecular weight excluding hydrogens is 556 g/mol. The number of carbonyl (C=O) groups excluding carboxylic acids is 1. The van der Waals surface area contributed by atoms with E-state index >= 15 is 0 Å². The molecule has 0 spiro atoms. The summed E-state index contributed by atoms with van der Waals surface area (Å²) >= 11 is 0. The highest BCUT2D eigenvalue weighted by Gasteiger charge is 2.47. The highest BCUT2D eigenvalue weighted by Crippen LogP contribution is 2.47. The van der Waals surface area contributed by atoms with E-state index in [0.29, 0.717) is 50.8 Å². The molecule has 222 valence electrons. The van der Waals surface area contributed by atoms with Crippen molar-refractivity contribution in [1.29, 1.82) is 0 Å². The molecule has 4 aliphatic heterocycles. The van der Waals surface area contributed by atoms with Crippen molar-refractivity contribution in [3.8, 4) is 0 Å². The number of rotatable bonds is 6. The van der Waals surface area contributed by atoms with Crippen molar-refractivity contribution in [2.75, 3.05) is 7.11 Å². The number of aliphatic carboxylic acids is 1. The molecule has 0 fully saturated rings. The van der Waals surface area contributed by atoms with Gasteiger partial charge >= 0.3 is 11.9 Å². The first-order valence-corrected chi connectivity index (χ1v) is 14.3. The number of aromatic amines is 1. The molecule has 0 saturated heterocycles. The van der Waals surface area contributed by atoms with Gasteiger partial charge in [-0.25, -0.2) is 15.0 Å². The summed E-state index contributed by atoms with van der Waals surface area (Å²) < 4.78 is 5.13. The smallest absolute Gasteiger partial charge is 0.321 e. The second-order valence-electron chi connectivity index (χ2n) is 11.2. The lowest BCUT2D eigenvalue weighted by molar-refractivity contribution is -0.143. The Balaban J connectivity index is 1.75. The molecule has 0 aromatic carbocycles. The third kappa shape index (κ3) is 4.18. The Labute approximate surface area is 254 Å². The third-order valence-electron chi connectivity index (χ3n) is 8.85. The molecule has 1 aromatic heterocycles. The number of aliphatic hydroxyl groups is 1. The van der Waals surface area contributed by atoms with Crippen molar-refractivity contribution in [2.24, 2.45) is 20.9 Å². The molecule has 5 aliphatic rings. The molecule has 0 saturated carbocycles. The molecule has 5 heterocycles. The molecule has 1 aliphatic carbocycles. The molecule has 9 nitrogen and oxygen atoms in total. The predicted octanol–water partition coefficient (Wildman–Crippen LogP) is 4.62. The van der Waals surface area contributed by atoms with Gasteiger partial charge in [-0.2, -0.15) is 0 Å². The number of ether oxygens (including phenoxy) is 1. The molecule has 6 rings (SSSR count). The Morgan fingerprint density at radius 1 is 0.977 bits per heavy atom. The largest absolute Gasteiger partial charge is 0.510 e. The summed E-state index contributed by atoms with van der Waals surface area (Å²) in [5.41, 5.74) is 10.1. The Morgan fingerprint density at radius 2 is 1.68 bits per heavy atom. The van der Waals surface area contributed by atoms with Crippen LogP contribution in [0.4, 0.5) is 0 Å². The zero-order valence-electron chi connectivity index (χ0n) is 25.3. The second-order valence-corrected chi connectivity index (χ2v) is 11.2. The van der Waals surface area contributed by atoms with E-state index in [9.17, 15) is 19.8 Å². The van der Waals surface area contributed by atoms with Crippen LogP contribution in [0, 0.1) is 12.8 Å². The third-order valence-corrected chi connectivity index (χ3v) is 8.85. The van der Waals surface area contributed by atoms with E-state index in [-0.39, 0.29) is 18.6 Å². The van der Waals surface area contributed by atoms with Crippen LogP contribution < -0.4 is 10.7 Å². The number of hydrogen-bond donors (Lipinski definition) is 3. The molecule has 1 aromatic rings. The number of nitrogens with zero attached hydrogens (tertiary/aromatic N) is 3. The van der Waals surface area contributed by atoms with E-state index in [4.69, 9.17) is 19.7 Å². The lowest BCUT2D eigenvalue weighted by Crippen LogP contribution is -2.21. The number of aliphatic imine (C=N–C) groups is 3. The Bertz CT molecular complexity index is 2060. The van der Waals surface area contributed by atoms with E-state index in [1.807, 2.05) is 45.9 Å². The Morgan fingerprint density at radius 3 is 2.34 bits per heavy atom. The molecule has 8 bridgehead atoms. The van der Waals surface area contributed by atoms with Crippen molar-refractivity contribution < 1.29 is 24.5 Å². The molecule has 1 unspecified atom stereocenters. The van der Waals surface area contributed by atoms with Crippen LogP contribution in [0.1, 0.15) is 44.7 Å². The number of carbonyl (C=O) groups is 2. The lowest BCUT2D eigenvalue weighted by Gasteiger charge is -2.15. The first kappa shape index (κ1) is 28.8. The van der Waals surface area contributed by atoms with Crippen molar-refractivity contribution in [1.82, 2.24) is 4.98 Å².